The summed E-state index contributed by atoms with van der Waals surface area (Å²) in [6, 6.07) is 2.80. The topological polar surface area (TPSA) is 74.7 Å². The van der Waals surface area contributed by atoms with Gasteiger partial charge in [-0.05, 0) is 24.6 Å². The number of sulfonamides is 1. The highest BCUT2D eigenvalue weighted by Crippen LogP contribution is 2.34. The van der Waals surface area contributed by atoms with Gasteiger partial charge in [0.2, 0.25) is 10.0 Å². The summed E-state index contributed by atoms with van der Waals surface area (Å²) in [4.78, 5) is 10.1. The summed E-state index contributed by atoms with van der Waals surface area (Å²) in [5, 5.41) is 8.69. The number of alkyl halides is 3. The molecular formula is C12H14F3NO4S. The molecule has 0 aliphatic heterocycles. The summed E-state index contributed by atoms with van der Waals surface area (Å²) >= 11 is 0. The fourth-order valence-corrected chi connectivity index (χ4v) is 3.50. The van der Waals surface area contributed by atoms with E-state index in [0.717, 1.165) is 25.1 Å². The van der Waals surface area contributed by atoms with Crippen molar-refractivity contribution in [2.45, 2.75) is 24.9 Å². The van der Waals surface area contributed by atoms with E-state index in [1.54, 1.807) is 0 Å². The number of carboxylic acids is 1. The van der Waals surface area contributed by atoms with E-state index in [-0.39, 0.29) is 6.54 Å². The number of likely N-dealkylation sites (N-methyl/N-ethyl adjacent to an activating group) is 1. The van der Waals surface area contributed by atoms with Gasteiger partial charge in [0, 0.05) is 6.54 Å². The van der Waals surface area contributed by atoms with Crippen molar-refractivity contribution in [3.63, 3.8) is 0 Å². The number of benzene rings is 1. The minimum atomic E-state index is -4.68. The van der Waals surface area contributed by atoms with Crippen molar-refractivity contribution in [3.05, 3.63) is 29.3 Å². The van der Waals surface area contributed by atoms with E-state index in [9.17, 15) is 26.4 Å². The van der Waals surface area contributed by atoms with Crippen LogP contribution in [0.2, 0.25) is 0 Å². The molecule has 21 heavy (non-hydrogen) atoms. The van der Waals surface area contributed by atoms with Gasteiger partial charge in [-0.2, -0.15) is 17.5 Å². The third-order valence-corrected chi connectivity index (χ3v) is 4.94. The lowest BCUT2D eigenvalue weighted by molar-refractivity contribution is -0.138. The molecule has 0 spiro atoms. The fraction of sp³-hybridized carbons (Fsp3) is 0.417. The third-order valence-electron chi connectivity index (χ3n) is 2.87. The first-order valence-electron chi connectivity index (χ1n) is 5.90. The number of halogens is 3. The van der Waals surface area contributed by atoms with Crippen LogP contribution in [0, 0.1) is 6.92 Å². The third kappa shape index (κ3) is 3.73. The Labute approximate surface area is 120 Å². The molecule has 0 fully saturated rings. The number of rotatable bonds is 5. The maximum absolute atomic E-state index is 12.8. The van der Waals surface area contributed by atoms with E-state index in [1.807, 2.05) is 0 Å². The van der Waals surface area contributed by atoms with Crippen molar-refractivity contribution in [1.82, 2.24) is 4.31 Å². The molecule has 1 N–H and O–H groups in total. The highest BCUT2D eigenvalue weighted by molar-refractivity contribution is 7.89. The molecule has 0 amide bonds. The second kappa shape index (κ2) is 6.02. The molecule has 1 aromatic carbocycles. The molecule has 0 saturated carbocycles. The smallest absolute Gasteiger partial charge is 0.416 e. The zero-order chi connectivity index (χ0) is 16.4. The first-order chi connectivity index (χ1) is 9.51. The Balaban J connectivity index is 3.42. The average molecular weight is 325 g/mol. The molecule has 0 saturated heterocycles. The van der Waals surface area contributed by atoms with Crippen LogP contribution in [-0.2, 0) is 21.0 Å². The minimum Gasteiger partial charge on any atom is -0.480 e. The number of hydrogen-bond acceptors (Lipinski definition) is 3. The standard InChI is InChI=1S/C12H14F3NO4S/c1-3-16(7-11(17)18)21(19,20)10-6-4-5-9(8(10)2)12(13,14)15/h4-6H,3,7H2,1-2H3,(H,17,18). The maximum atomic E-state index is 12.8. The van der Waals surface area contributed by atoms with Crippen LogP contribution in [0.4, 0.5) is 13.2 Å². The molecule has 0 unspecified atom stereocenters. The van der Waals surface area contributed by atoms with E-state index in [0.29, 0.717) is 4.31 Å². The van der Waals surface area contributed by atoms with Gasteiger partial charge in [0.05, 0.1) is 10.5 Å². The van der Waals surface area contributed by atoms with Crippen LogP contribution in [0.3, 0.4) is 0 Å². The molecule has 0 bridgehead atoms. The Morgan fingerprint density at radius 2 is 1.90 bits per heavy atom. The van der Waals surface area contributed by atoms with E-state index in [2.05, 4.69) is 0 Å². The number of nitrogens with zero attached hydrogens (tertiary/aromatic N) is 1. The lowest BCUT2D eigenvalue weighted by Crippen LogP contribution is -2.36. The summed E-state index contributed by atoms with van der Waals surface area (Å²) in [7, 11) is -4.31. The highest BCUT2D eigenvalue weighted by Gasteiger charge is 2.36. The Bertz CT molecular complexity index is 640. The number of carboxylic acid groups (broad SMARTS) is 1. The quantitative estimate of drug-likeness (QED) is 0.900. The minimum absolute atomic E-state index is 0.162. The normalized spacial score (nSPS) is 12.7. The van der Waals surface area contributed by atoms with Gasteiger partial charge >= 0.3 is 12.1 Å². The predicted molar refractivity (Wildman–Crippen MR) is 68.2 cm³/mol. The lowest BCUT2D eigenvalue weighted by Gasteiger charge is -2.21. The van der Waals surface area contributed by atoms with Gasteiger partial charge in [0.1, 0.15) is 6.54 Å². The van der Waals surface area contributed by atoms with Gasteiger partial charge in [0.25, 0.3) is 0 Å². The van der Waals surface area contributed by atoms with Crippen molar-refractivity contribution < 1.29 is 31.5 Å². The maximum Gasteiger partial charge on any atom is 0.416 e. The molecule has 0 atom stereocenters. The van der Waals surface area contributed by atoms with Crippen LogP contribution < -0.4 is 0 Å². The molecule has 0 radical (unpaired) electrons. The Morgan fingerprint density at radius 3 is 2.33 bits per heavy atom. The summed E-state index contributed by atoms with van der Waals surface area (Å²) in [5.41, 5.74) is -1.51. The van der Waals surface area contributed by atoms with Crippen molar-refractivity contribution >= 4 is 16.0 Å². The van der Waals surface area contributed by atoms with E-state index in [4.69, 9.17) is 5.11 Å². The van der Waals surface area contributed by atoms with Gasteiger partial charge in [0.15, 0.2) is 0 Å². The summed E-state index contributed by atoms with van der Waals surface area (Å²) in [6.07, 6.45) is -4.68. The zero-order valence-corrected chi connectivity index (χ0v) is 12.1. The molecule has 0 aliphatic rings. The van der Waals surface area contributed by atoms with Crippen molar-refractivity contribution in [1.29, 1.82) is 0 Å². The largest absolute Gasteiger partial charge is 0.480 e. The van der Waals surface area contributed by atoms with Gasteiger partial charge < -0.3 is 5.11 Å². The van der Waals surface area contributed by atoms with E-state index >= 15 is 0 Å². The zero-order valence-electron chi connectivity index (χ0n) is 11.3. The van der Waals surface area contributed by atoms with Crippen molar-refractivity contribution in [3.8, 4) is 0 Å². The van der Waals surface area contributed by atoms with Gasteiger partial charge in [-0.1, -0.05) is 13.0 Å². The summed E-state index contributed by atoms with van der Waals surface area (Å²) in [6.45, 7) is 1.48. The first-order valence-corrected chi connectivity index (χ1v) is 7.34. The van der Waals surface area contributed by atoms with Crippen molar-refractivity contribution in [2.24, 2.45) is 0 Å². The summed E-state index contributed by atoms with van der Waals surface area (Å²) < 4.78 is 63.6. The number of aliphatic carboxylic acids is 1. The van der Waals surface area contributed by atoms with Crippen LogP contribution in [0.1, 0.15) is 18.1 Å². The average Bonchev–Trinajstić information content (AvgIpc) is 2.34. The second-order valence-electron chi connectivity index (χ2n) is 4.25. The van der Waals surface area contributed by atoms with E-state index in [1.165, 1.54) is 6.92 Å². The lowest BCUT2D eigenvalue weighted by atomic mass is 10.1. The molecular weight excluding hydrogens is 311 g/mol. The van der Waals surface area contributed by atoms with Gasteiger partial charge in [-0.15, -0.1) is 0 Å². The Hall–Kier alpha value is -1.61. The fourth-order valence-electron chi connectivity index (χ4n) is 1.86. The van der Waals surface area contributed by atoms with Crippen LogP contribution in [0.25, 0.3) is 0 Å². The highest BCUT2D eigenvalue weighted by atomic mass is 32.2. The molecule has 1 rings (SSSR count). The molecule has 0 aromatic heterocycles. The van der Waals surface area contributed by atoms with E-state index < -0.39 is 44.7 Å². The Kier molecular flexibility index (Phi) is 5.00. The Morgan fingerprint density at radius 1 is 1.33 bits per heavy atom. The molecule has 0 heterocycles. The monoisotopic (exact) mass is 325 g/mol. The van der Waals surface area contributed by atoms with Gasteiger partial charge in [-0.25, -0.2) is 8.42 Å². The molecule has 1 aromatic rings. The van der Waals surface area contributed by atoms with Gasteiger partial charge in [-0.3, -0.25) is 4.79 Å². The van der Waals surface area contributed by atoms with Crippen LogP contribution in [0.5, 0.6) is 0 Å². The SMILES string of the molecule is CCN(CC(=O)O)S(=O)(=O)c1cccc(C(F)(F)F)c1C. The first kappa shape index (κ1) is 17.4. The van der Waals surface area contributed by atoms with Crippen molar-refractivity contribution in [2.75, 3.05) is 13.1 Å². The second-order valence-corrected chi connectivity index (χ2v) is 6.16. The molecule has 118 valence electrons. The van der Waals surface area contributed by atoms with Crippen LogP contribution in [0.15, 0.2) is 23.1 Å². The summed E-state index contributed by atoms with van der Waals surface area (Å²) in [5.74, 6) is -1.38. The van der Waals surface area contributed by atoms with Crippen LogP contribution in [-0.4, -0.2) is 36.9 Å². The van der Waals surface area contributed by atoms with Crippen LogP contribution >= 0.6 is 0 Å². The number of carbonyl (C=O) groups is 1. The molecule has 0 aliphatic carbocycles. The molecule has 5 nitrogen and oxygen atoms in total. The predicted octanol–water partition coefficient (Wildman–Crippen LogP) is 2.11. The number of hydrogen-bond donors (Lipinski definition) is 1. The molecule has 9 heteroatoms.